The molecular formula is C21H27N3O2. The van der Waals surface area contributed by atoms with Gasteiger partial charge in [-0.25, -0.2) is 0 Å². The Bertz CT molecular complexity index is 760. The van der Waals surface area contributed by atoms with Gasteiger partial charge in [0, 0.05) is 31.2 Å². The summed E-state index contributed by atoms with van der Waals surface area (Å²) in [5.74, 6) is -0.359. The van der Waals surface area contributed by atoms with E-state index in [0.29, 0.717) is 24.2 Å². The SMILES string of the molecule is CCc1cccc(CC)c1NC(=O)c1cncc(C(=O)N(CC)CC)c1. The molecule has 1 aromatic carbocycles. The third-order valence-electron chi connectivity index (χ3n) is 4.54. The molecule has 0 saturated heterocycles. The van der Waals surface area contributed by atoms with Crippen LogP contribution in [0.2, 0.25) is 0 Å². The van der Waals surface area contributed by atoms with Crippen LogP contribution in [0, 0.1) is 0 Å². The molecule has 0 atom stereocenters. The largest absolute Gasteiger partial charge is 0.339 e. The van der Waals surface area contributed by atoms with E-state index in [4.69, 9.17) is 0 Å². The van der Waals surface area contributed by atoms with Crippen molar-refractivity contribution in [2.75, 3.05) is 18.4 Å². The molecule has 0 radical (unpaired) electrons. The van der Waals surface area contributed by atoms with Gasteiger partial charge in [0.2, 0.25) is 0 Å². The summed E-state index contributed by atoms with van der Waals surface area (Å²) in [7, 11) is 0. The maximum absolute atomic E-state index is 12.8. The number of hydrogen-bond acceptors (Lipinski definition) is 3. The highest BCUT2D eigenvalue weighted by Crippen LogP contribution is 2.23. The molecule has 5 nitrogen and oxygen atoms in total. The summed E-state index contributed by atoms with van der Waals surface area (Å²) in [6.07, 6.45) is 4.67. The minimum atomic E-state index is -0.248. The van der Waals surface area contributed by atoms with Crippen LogP contribution in [-0.2, 0) is 12.8 Å². The highest BCUT2D eigenvalue weighted by Gasteiger charge is 2.17. The minimum Gasteiger partial charge on any atom is -0.339 e. The lowest BCUT2D eigenvalue weighted by molar-refractivity contribution is 0.0772. The number of nitrogens with one attached hydrogen (secondary N) is 1. The molecular weight excluding hydrogens is 326 g/mol. The van der Waals surface area contributed by atoms with Gasteiger partial charge in [-0.1, -0.05) is 32.0 Å². The number of aromatic nitrogens is 1. The normalized spacial score (nSPS) is 10.5. The average Bonchev–Trinajstić information content (AvgIpc) is 2.69. The van der Waals surface area contributed by atoms with Crippen molar-refractivity contribution in [3.8, 4) is 0 Å². The number of amides is 2. The lowest BCUT2D eigenvalue weighted by Gasteiger charge is -2.18. The summed E-state index contributed by atoms with van der Waals surface area (Å²) >= 11 is 0. The van der Waals surface area contributed by atoms with Gasteiger partial charge in [0.1, 0.15) is 0 Å². The molecule has 0 unspecified atom stereocenters. The Morgan fingerprint density at radius 2 is 1.54 bits per heavy atom. The fraction of sp³-hybridized carbons (Fsp3) is 0.381. The highest BCUT2D eigenvalue weighted by molar-refractivity contribution is 6.06. The fourth-order valence-electron chi connectivity index (χ4n) is 2.96. The van der Waals surface area contributed by atoms with Crippen LogP contribution in [0.4, 0.5) is 5.69 Å². The van der Waals surface area contributed by atoms with Crippen LogP contribution in [0.15, 0.2) is 36.7 Å². The van der Waals surface area contributed by atoms with E-state index in [1.807, 2.05) is 32.0 Å². The molecule has 0 bridgehead atoms. The van der Waals surface area contributed by atoms with Crippen LogP contribution in [0.3, 0.4) is 0 Å². The van der Waals surface area contributed by atoms with E-state index in [2.05, 4.69) is 24.1 Å². The number of carbonyl (C=O) groups excluding carboxylic acids is 2. The molecule has 2 rings (SSSR count). The van der Waals surface area contributed by atoms with Crippen molar-refractivity contribution < 1.29 is 9.59 Å². The van der Waals surface area contributed by atoms with Crippen LogP contribution in [0.5, 0.6) is 0 Å². The van der Waals surface area contributed by atoms with Crippen LogP contribution < -0.4 is 5.32 Å². The van der Waals surface area contributed by atoms with Gasteiger partial charge in [-0.2, -0.15) is 0 Å². The van der Waals surface area contributed by atoms with Gasteiger partial charge in [0.05, 0.1) is 11.1 Å². The standard InChI is InChI=1S/C21H27N3O2/c1-5-15-10-9-11-16(6-2)19(15)23-20(25)17-12-18(14-22-13-17)21(26)24(7-3)8-4/h9-14H,5-8H2,1-4H3,(H,23,25). The molecule has 2 aromatic rings. The van der Waals surface area contributed by atoms with Crippen molar-refractivity contribution >= 4 is 17.5 Å². The second-order valence-electron chi connectivity index (χ2n) is 6.05. The van der Waals surface area contributed by atoms with Gasteiger partial charge in [-0.05, 0) is 43.9 Å². The smallest absolute Gasteiger partial charge is 0.257 e. The van der Waals surface area contributed by atoms with Crippen molar-refractivity contribution in [2.45, 2.75) is 40.5 Å². The molecule has 138 valence electrons. The topological polar surface area (TPSA) is 62.3 Å². The zero-order chi connectivity index (χ0) is 19.1. The van der Waals surface area contributed by atoms with Crippen molar-refractivity contribution in [3.63, 3.8) is 0 Å². The third kappa shape index (κ3) is 4.28. The molecule has 0 saturated carbocycles. The van der Waals surface area contributed by atoms with Gasteiger partial charge in [0.25, 0.3) is 11.8 Å². The van der Waals surface area contributed by atoms with Gasteiger partial charge in [-0.15, -0.1) is 0 Å². The molecule has 0 spiro atoms. The van der Waals surface area contributed by atoms with E-state index in [1.165, 1.54) is 12.4 Å². The van der Waals surface area contributed by atoms with Gasteiger partial charge < -0.3 is 10.2 Å². The average molecular weight is 353 g/mol. The Balaban J connectivity index is 2.29. The Morgan fingerprint density at radius 3 is 2.08 bits per heavy atom. The Labute approximate surface area is 155 Å². The van der Waals surface area contributed by atoms with E-state index in [-0.39, 0.29) is 11.8 Å². The van der Waals surface area contributed by atoms with Crippen LogP contribution in [0.1, 0.15) is 59.5 Å². The number of para-hydroxylation sites is 1. The van der Waals surface area contributed by atoms with Gasteiger partial charge in [-0.3, -0.25) is 14.6 Å². The summed E-state index contributed by atoms with van der Waals surface area (Å²) in [5, 5.41) is 3.02. The maximum atomic E-state index is 12.8. The molecule has 0 aliphatic rings. The summed E-state index contributed by atoms with van der Waals surface area (Å²) in [4.78, 5) is 31.1. The lowest BCUT2D eigenvalue weighted by atomic mass is 10.0. The fourth-order valence-corrected chi connectivity index (χ4v) is 2.96. The van der Waals surface area contributed by atoms with Gasteiger partial charge >= 0.3 is 0 Å². The minimum absolute atomic E-state index is 0.111. The maximum Gasteiger partial charge on any atom is 0.257 e. The molecule has 1 N–H and O–H groups in total. The number of pyridine rings is 1. The van der Waals surface area contributed by atoms with Crippen molar-refractivity contribution in [1.29, 1.82) is 0 Å². The van der Waals surface area contributed by atoms with Crippen molar-refractivity contribution in [2.24, 2.45) is 0 Å². The predicted octanol–water partition coefficient (Wildman–Crippen LogP) is 3.94. The van der Waals surface area contributed by atoms with Crippen LogP contribution in [0.25, 0.3) is 0 Å². The number of hydrogen-bond donors (Lipinski definition) is 1. The predicted molar refractivity (Wildman–Crippen MR) is 105 cm³/mol. The summed E-state index contributed by atoms with van der Waals surface area (Å²) in [5.41, 5.74) is 3.88. The quantitative estimate of drug-likeness (QED) is 0.820. The molecule has 0 fully saturated rings. The number of aryl methyl sites for hydroxylation is 2. The number of anilines is 1. The second-order valence-corrected chi connectivity index (χ2v) is 6.05. The summed E-state index contributed by atoms with van der Waals surface area (Å²) < 4.78 is 0. The summed E-state index contributed by atoms with van der Waals surface area (Å²) in [6.45, 7) is 9.23. The first-order valence-electron chi connectivity index (χ1n) is 9.21. The molecule has 0 aliphatic heterocycles. The molecule has 26 heavy (non-hydrogen) atoms. The van der Waals surface area contributed by atoms with Crippen molar-refractivity contribution in [1.82, 2.24) is 9.88 Å². The third-order valence-corrected chi connectivity index (χ3v) is 4.54. The second kappa shape index (κ2) is 9.13. The zero-order valence-electron chi connectivity index (χ0n) is 16.0. The number of nitrogens with zero attached hydrogens (tertiary/aromatic N) is 2. The molecule has 2 amide bonds. The Morgan fingerprint density at radius 1 is 0.962 bits per heavy atom. The van der Waals surface area contributed by atoms with Crippen molar-refractivity contribution in [3.05, 3.63) is 58.9 Å². The van der Waals surface area contributed by atoms with Gasteiger partial charge in [0.15, 0.2) is 0 Å². The first-order valence-corrected chi connectivity index (χ1v) is 9.21. The van der Waals surface area contributed by atoms with E-state index in [1.54, 1.807) is 11.0 Å². The Hall–Kier alpha value is -2.69. The number of benzene rings is 1. The summed E-state index contributed by atoms with van der Waals surface area (Å²) in [6, 6.07) is 7.67. The molecule has 1 aromatic heterocycles. The monoisotopic (exact) mass is 353 g/mol. The first kappa shape index (κ1) is 19.6. The zero-order valence-corrected chi connectivity index (χ0v) is 16.0. The van der Waals surface area contributed by atoms with E-state index >= 15 is 0 Å². The number of rotatable bonds is 7. The lowest BCUT2D eigenvalue weighted by Crippen LogP contribution is -2.30. The highest BCUT2D eigenvalue weighted by atomic mass is 16.2. The molecule has 0 aliphatic carbocycles. The van der Waals surface area contributed by atoms with E-state index in [0.717, 1.165) is 29.7 Å². The van der Waals surface area contributed by atoms with E-state index in [9.17, 15) is 9.59 Å². The molecule has 5 heteroatoms. The van der Waals surface area contributed by atoms with E-state index < -0.39 is 0 Å². The first-order chi connectivity index (χ1) is 12.5. The molecule has 1 heterocycles. The number of carbonyl (C=O) groups is 2. The Kier molecular flexibility index (Phi) is 6.89. The van der Waals surface area contributed by atoms with Crippen LogP contribution in [-0.4, -0.2) is 34.8 Å². The van der Waals surface area contributed by atoms with Crippen LogP contribution >= 0.6 is 0 Å².